The van der Waals surface area contributed by atoms with Crippen LogP contribution in [-0.2, 0) is 11.2 Å². The van der Waals surface area contributed by atoms with Gasteiger partial charge in [0, 0.05) is 18.3 Å². The molecule has 1 aliphatic heterocycles. The zero-order chi connectivity index (χ0) is 18.5. The summed E-state index contributed by atoms with van der Waals surface area (Å²) < 4.78 is 10.6. The maximum Gasteiger partial charge on any atom is 0.338 e. The smallest absolute Gasteiger partial charge is 0.338 e. The van der Waals surface area contributed by atoms with E-state index >= 15 is 0 Å². The molecule has 1 heterocycles. The molecule has 0 bridgehead atoms. The highest BCUT2D eigenvalue weighted by Crippen LogP contribution is 2.31. The molecule has 1 N–H and O–H groups in total. The van der Waals surface area contributed by atoms with Crippen molar-refractivity contribution in [1.82, 2.24) is 0 Å². The van der Waals surface area contributed by atoms with Crippen LogP contribution < -0.4 is 9.64 Å². The van der Waals surface area contributed by atoms with E-state index in [2.05, 4.69) is 30.0 Å². The van der Waals surface area contributed by atoms with E-state index in [1.165, 1.54) is 11.3 Å². The Morgan fingerprint density at radius 1 is 1.23 bits per heavy atom. The van der Waals surface area contributed by atoms with Crippen LogP contribution in [0.3, 0.4) is 0 Å². The van der Waals surface area contributed by atoms with Crippen LogP contribution in [0.5, 0.6) is 5.75 Å². The highest BCUT2D eigenvalue weighted by Gasteiger charge is 2.27. The molecule has 0 aromatic heterocycles. The molecule has 0 amide bonds. The van der Waals surface area contributed by atoms with E-state index in [-0.39, 0.29) is 12.6 Å². The molecule has 0 radical (unpaired) electrons. The summed E-state index contributed by atoms with van der Waals surface area (Å²) >= 11 is 0. The summed E-state index contributed by atoms with van der Waals surface area (Å²) in [5, 5.41) is 10.4. The number of para-hydroxylation sites is 1. The van der Waals surface area contributed by atoms with Crippen LogP contribution in [0.15, 0.2) is 48.5 Å². The molecule has 138 valence electrons. The fourth-order valence-electron chi connectivity index (χ4n) is 3.28. The van der Waals surface area contributed by atoms with Crippen molar-refractivity contribution in [2.45, 2.75) is 32.4 Å². The van der Waals surface area contributed by atoms with Gasteiger partial charge in [0.05, 0.1) is 12.2 Å². The fraction of sp³-hybridized carbons (Fsp3) is 0.381. The lowest BCUT2D eigenvalue weighted by Crippen LogP contribution is -2.39. The lowest BCUT2D eigenvalue weighted by atomic mass is 10.1. The van der Waals surface area contributed by atoms with Crippen molar-refractivity contribution in [2.24, 2.45) is 0 Å². The number of esters is 1. The second-order valence-electron chi connectivity index (χ2n) is 6.54. The van der Waals surface area contributed by atoms with Gasteiger partial charge in [0.1, 0.15) is 18.5 Å². The van der Waals surface area contributed by atoms with Crippen LogP contribution in [0, 0.1) is 0 Å². The van der Waals surface area contributed by atoms with E-state index < -0.39 is 6.10 Å². The van der Waals surface area contributed by atoms with E-state index in [1.54, 1.807) is 31.2 Å². The van der Waals surface area contributed by atoms with Crippen LogP contribution >= 0.6 is 0 Å². The van der Waals surface area contributed by atoms with Gasteiger partial charge >= 0.3 is 5.97 Å². The summed E-state index contributed by atoms with van der Waals surface area (Å²) in [5.74, 6) is 0.271. The van der Waals surface area contributed by atoms with Gasteiger partial charge in [0.25, 0.3) is 0 Å². The normalized spacial score (nSPS) is 16.9. The monoisotopic (exact) mass is 355 g/mol. The Hall–Kier alpha value is -2.53. The van der Waals surface area contributed by atoms with Gasteiger partial charge in [0.15, 0.2) is 0 Å². The summed E-state index contributed by atoms with van der Waals surface area (Å²) in [5.41, 5.74) is 3.00. The first kappa shape index (κ1) is 18.3. The summed E-state index contributed by atoms with van der Waals surface area (Å²) in [7, 11) is 0. The Morgan fingerprint density at radius 3 is 2.69 bits per heavy atom. The van der Waals surface area contributed by atoms with Gasteiger partial charge in [-0.1, -0.05) is 18.2 Å². The number of aliphatic hydroxyl groups excluding tert-OH is 1. The predicted molar refractivity (Wildman–Crippen MR) is 101 cm³/mol. The molecule has 0 aliphatic carbocycles. The zero-order valence-corrected chi connectivity index (χ0v) is 15.2. The highest BCUT2D eigenvalue weighted by atomic mass is 16.5. The number of nitrogens with zero attached hydrogens (tertiary/aromatic N) is 1. The summed E-state index contributed by atoms with van der Waals surface area (Å²) in [6, 6.07) is 15.4. The van der Waals surface area contributed by atoms with Crippen molar-refractivity contribution in [3.8, 4) is 5.75 Å². The molecule has 0 saturated carbocycles. The number of benzene rings is 2. The van der Waals surface area contributed by atoms with Crippen molar-refractivity contribution in [2.75, 3.05) is 24.7 Å². The number of carbonyl (C=O) groups excluding carboxylic acids is 1. The second kappa shape index (κ2) is 8.23. The Kier molecular flexibility index (Phi) is 5.78. The third-order valence-corrected chi connectivity index (χ3v) is 4.56. The Labute approximate surface area is 154 Å². The third kappa shape index (κ3) is 4.17. The standard InChI is InChI=1S/C21H25NO4/c1-3-25-21(24)16-8-10-19(11-9-16)26-14-18(23)13-22-15(2)12-17-6-4-5-7-20(17)22/h4-11,15,18,23H,3,12-14H2,1-2H3. The topological polar surface area (TPSA) is 59.0 Å². The molecule has 0 spiro atoms. The molecule has 0 fully saturated rings. The van der Waals surface area contributed by atoms with Crippen LogP contribution in [0.2, 0.25) is 0 Å². The fourth-order valence-corrected chi connectivity index (χ4v) is 3.28. The average molecular weight is 355 g/mol. The number of aliphatic hydroxyl groups is 1. The van der Waals surface area contributed by atoms with Crippen LogP contribution in [0.25, 0.3) is 0 Å². The van der Waals surface area contributed by atoms with Crippen molar-refractivity contribution in [1.29, 1.82) is 0 Å². The maximum atomic E-state index is 11.6. The molecule has 2 unspecified atom stereocenters. The minimum Gasteiger partial charge on any atom is -0.491 e. The van der Waals surface area contributed by atoms with Gasteiger partial charge in [-0.2, -0.15) is 0 Å². The van der Waals surface area contributed by atoms with Crippen molar-refractivity contribution < 1.29 is 19.4 Å². The molecule has 2 atom stereocenters. The summed E-state index contributed by atoms with van der Waals surface area (Å²) in [6.07, 6.45) is 0.396. The molecule has 1 aliphatic rings. The highest BCUT2D eigenvalue weighted by molar-refractivity contribution is 5.89. The summed E-state index contributed by atoms with van der Waals surface area (Å²) in [6.45, 7) is 5.02. The molecule has 2 aromatic rings. The number of anilines is 1. The second-order valence-corrected chi connectivity index (χ2v) is 6.54. The molecule has 26 heavy (non-hydrogen) atoms. The van der Waals surface area contributed by atoms with Gasteiger partial charge in [0.2, 0.25) is 0 Å². The minimum atomic E-state index is -0.603. The maximum absolute atomic E-state index is 11.6. The van der Waals surface area contributed by atoms with Gasteiger partial charge in [-0.3, -0.25) is 0 Å². The predicted octanol–water partition coefficient (Wildman–Crippen LogP) is 3.05. The number of β-amino-alcohol motifs (C(OH)–C–C–N with tert-alkyl or cyclic N) is 1. The molecular weight excluding hydrogens is 330 g/mol. The van der Waals surface area contributed by atoms with E-state index in [9.17, 15) is 9.90 Å². The van der Waals surface area contributed by atoms with Gasteiger partial charge in [-0.05, 0) is 56.2 Å². The van der Waals surface area contributed by atoms with Crippen LogP contribution in [-0.4, -0.2) is 43.0 Å². The van der Waals surface area contributed by atoms with E-state index in [0.717, 1.165) is 6.42 Å². The molecular formula is C21H25NO4. The first-order valence-corrected chi connectivity index (χ1v) is 9.01. The van der Waals surface area contributed by atoms with Gasteiger partial charge in [-0.15, -0.1) is 0 Å². The number of hydrogen-bond donors (Lipinski definition) is 1. The van der Waals surface area contributed by atoms with Gasteiger partial charge < -0.3 is 19.5 Å². The Bertz CT molecular complexity index is 744. The number of rotatable bonds is 7. The zero-order valence-electron chi connectivity index (χ0n) is 15.2. The molecule has 2 aromatic carbocycles. The Balaban J connectivity index is 1.53. The lowest BCUT2D eigenvalue weighted by Gasteiger charge is -2.27. The number of carbonyl (C=O) groups is 1. The largest absolute Gasteiger partial charge is 0.491 e. The van der Waals surface area contributed by atoms with Crippen LogP contribution in [0.4, 0.5) is 5.69 Å². The molecule has 5 nitrogen and oxygen atoms in total. The molecule has 3 rings (SSSR count). The first-order valence-electron chi connectivity index (χ1n) is 9.01. The first-order chi connectivity index (χ1) is 12.6. The number of ether oxygens (including phenoxy) is 2. The quantitative estimate of drug-likeness (QED) is 0.774. The minimum absolute atomic E-state index is 0.199. The van der Waals surface area contributed by atoms with Crippen molar-refractivity contribution >= 4 is 11.7 Å². The van der Waals surface area contributed by atoms with E-state index in [1.807, 2.05) is 6.07 Å². The Morgan fingerprint density at radius 2 is 1.96 bits per heavy atom. The average Bonchev–Trinajstić information content (AvgIpc) is 2.96. The molecule has 5 heteroatoms. The number of hydrogen-bond acceptors (Lipinski definition) is 5. The molecule has 0 saturated heterocycles. The summed E-state index contributed by atoms with van der Waals surface area (Å²) in [4.78, 5) is 13.9. The van der Waals surface area contributed by atoms with Gasteiger partial charge in [-0.25, -0.2) is 4.79 Å². The van der Waals surface area contributed by atoms with Crippen LogP contribution in [0.1, 0.15) is 29.8 Å². The number of fused-ring (bicyclic) bond motifs is 1. The van der Waals surface area contributed by atoms with Crippen molar-refractivity contribution in [3.05, 3.63) is 59.7 Å². The SMILES string of the molecule is CCOC(=O)c1ccc(OCC(O)CN2c3ccccc3CC2C)cc1. The van der Waals surface area contributed by atoms with Crippen molar-refractivity contribution in [3.63, 3.8) is 0 Å². The van der Waals surface area contributed by atoms with E-state index in [0.29, 0.717) is 30.5 Å². The van der Waals surface area contributed by atoms with E-state index in [4.69, 9.17) is 9.47 Å². The lowest BCUT2D eigenvalue weighted by molar-refractivity contribution is 0.0526. The third-order valence-electron chi connectivity index (χ3n) is 4.56.